The van der Waals surface area contributed by atoms with Gasteiger partial charge in [-0.05, 0) is 57.2 Å². The fourth-order valence-corrected chi connectivity index (χ4v) is 3.93. The summed E-state index contributed by atoms with van der Waals surface area (Å²) < 4.78 is 27.2. The number of likely N-dealkylation sites (tertiary alicyclic amines) is 1. The minimum Gasteiger partial charge on any atom is -0.306 e. The van der Waals surface area contributed by atoms with E-state index in [-0.39, 0.29) is 22.4 Å². The van der Waals surface area contributed by atoms with Crippen molar-refractivity contribution < 1.29 is 13.2 Å². The molecule has 0 bridgehead atoms. The number of sulfonamides is 1. The Morgan fingerprint density at radius 3 is 2.44 bits per heavy atom. The van der Waals surface area contributed by atoms with E-state index in [0.29, 0.717) is 5.69 Å². The maximum atomic E-state index is 12.6. The Morgan fingerprint density at radius 1 is 1.08 bits per heavy atom. The van der Waals surface area contributed by atoms with E-state index in [2.05, 4.69) is 14.6 Å². The highest BCUT2D eigenvalue weighted by atomic mass is 32.2. The van der Waals surface area contributed by atoms with Crippen LogP contribution in [-0.4, -0.2) is 44.2 Å². The van der Waals surface area contributed by atoms with Gasteiger partial charge in [-0.1, -0.05) is 24.3 Å². The number of benzene rings is 1. The number of aromatic nitrogens is 1. The van der Waals surface area contributed by atoms with E-state index < -0.39 is 10.0 Å². The number of carbonyl (C=O) groups is 1. The van der Waals surface area contributed by atoms with E-state index in [9.17, 15) is 13.2 Å². The van der Waals surface area contributed by atoms with Crippen molar-refractivity contribution >= 4 is 21.6 Å². The van der Waals surface area contributed by atoms with Crippen molar-refractivity contribution in [2.45, 2.75) is 17.7 Å². The summed E-state index contributed by atoms with van der Waals surface area (Å²) in [4.78, 5) is 19.2. The summed E-state index contributed by atoms with van der Waals surface area (Å²) in [5, 5.41) is 0. The lowest BCUT2D eigenvalue weighted by molar-refractivity contribution is 0.0851. The number of ketones is 1. The van der Waals surface area contributed by atoms with Gasteiger partial charge in [0, 0.05) is 5.92 Å². The van der Waals surface area contributed by atoms with Crippen molar-refractivity contribution in [3.05, 3.63) is 54.2 Å². The highest BCUT2D eigenvalue weighted by molar-refractivity contribution is 7.92. The van der Waals surface area contributed by atoms with Crippen LogP contribution in [0.15, 0.2) is 53.4 Å². The van der Waals surface area contributed by atoms with Gasteiger partial charge in [0.25, 0.3) is 10.0 Å². The molecular formula is C18H21N3O3S. The van der Waals surface area contributed by atoms with Gasteiger partial charge in [0.15, 0.2) is 5.78 Å². The highest BCUT2D eigenvalue weighted by Gasteiger charge is 2.25. The smallest absolute Gasteiger partial charge is 0.263 e. The van der Waals surface area contributed by atoms with E-state index in [1.54, 1.807) is 36.4 Å². The molecular weight excluding hydrogens is 338 g/mol. The molecule has 2 heterocycles. The van der Waals surface area contributed by atoms with Crippen molar-refractivity contribution in [1.29, 1.82) is 0 Å². The number of pyridine rings is 1. The van der Waals surface area contributed by atoms with Gasteiger partial charge in [-0.25, -0.2) is 13.4 Å². The zero-order valence-corrected chi connectivity index (χ0v) is 14.9. The lowest BCUT2D eigenvalue weighted by Crippen LogP contribution is -2.33. The molecule has 0 unspecified atom stereocenters. The maximum Gasteiger partial charge on any atom is 0.263 e. The van der Waals surface area contributed by atoms with Crippen LogP contribution in [0.25, 0.3) is 0 Å². The van der Waals surface area contributed by atoms with Crippen LogP contribution in [-0.2, 0) is 10.0 Å². The summed E-state index contributed by atoms with van der Waals surface area (Å²) in [7, 11) is -1.68. The zero-order valence-electron chi connectivity index (χ0n) is 14.1. The third kappa shape index (κ3) is 4.24. The first kappa shape index (κ1) is 17.6. The van der Waals surface area contributed by atoms with Crippen molar-refractivity contribution in [3.63, 3.8) is 0 Å². The molecule has 0 radical (unpaired) electrons. The number of rotatable bonds is 5. The second kappa shape index (κ2) is 7.33. The molecule has 1 aliphatic heterocycles. The molecule has 132 valence electrons. The molecule has 7 heteroatoms. The second-order valence-corrected chi connectivity index (χ2v) is 7.95. The predicted octanol–water partition coefficient (Wildman–Crippen LogP) is 2.41. The number of hydrogen-bond donors (Lipinski definition) is 1. The Balaban J connectivity index is 1.77. The van der Waals surface area contributed by atoms with Crippen LogP contribution in [0, 0.1) is 5.92 Å². The van der Waals surface area contributed by atoms with Crippen molar-refractivity contribution in [2.75, 3.05) is 24.9 Å². The molecule has 1 aliphatic rings. The third-order valence-electron chi connectivity index (χ3n) is 4.38. The van der Waals surface area contributed by atoms with Gasteiger partial charge < -0.3 is 4.90 Å². The quantitative estimate of drug-likeness (QED) is 0.830. The molecule has 0 atom stereocenters. The molecule has 1 fully saturated rings. The molecule has 3 rings (SSSR count). The van der Waals surface area contributed by atoms with Crippen LogP contribution in [0.4, 0.5) is 5.82 Å². The molecule has 1 aromatic carbocycles. The van der Waals surface area contributed by atoms with E-state index in [4.69, 9.17) is 0 Å². The summed E-state index contributed by atoms with van der Waals surface area (Å²) in [6.45, 7) is 1.77. The SMILES string of the molecule is CN1CCC(C(=O)c2cccc(NS(=O)(=O)c3ccccc3)n2)CC1. The standard InChI is InChI=1S/C18H21N3O3S/c1-21-12-10-14(11-13-21)18(22)16-8-5-9-17(19-16)20-25(23,24)15-6-3-2-4-7-15/h2-9,14H,10-13H2,1H3,(H,19,20). The molecule has 6 nitrogen and oxygen atoms in total. The summed E-state index contributed by atoms with van der Waals surface area (Å²) in [6, 6.07) is 12.9. The molecule has 1 saturated heterocycles. The van der Waals surface area contributed by atoms with Gasteiger partial charge >= 0.3 is 0 Å². The van der Waals surface area contributed by atoms with Gasteiger partial charge in [0.05, 0.1) is 4.90 Å². The van der Waals surface area contributed by atoms with Gasteiger partial charge in [-0.15, -0.1) is 0 Å². The van der Waals surface area contributed by atoms with Crippen molar-refractivity contribution in [1.82, 2.24) is 9.88 Å². The van der Waals surface area contributed by atoms with Crippen LogP contribution in [0.3, 0.4) is 0 Å². The zero-order chi connectivity index (χ0) is 17.9. The van der Waals surface area contributed by atoms with Gasteiger partial charge in [0.2, 0.25) is 0 Å². The Kier molecular flexibility index (Phi) is 5.15. The van der Waals surface area contributed by atoms with Gasteiger partial charge in [0.1, 0.15) is 11.5 Å². The summed E-state index contributed by atoms with van der Waals surface area (Å²) >= 11 is 0. The summed E-state index contributed by atoms with van der Waals surface area (Å²) in [6.07, 6.45) is 1.61. The first-order chi connectivity index (χ1) is 12.0. The average Bonchev–Trinajstić information content (AvgIpc) is 2.62. The first-order valence-corrected chi connectivity index (χ1v) is 9.72. The molecule has 2 aromatic rings. The Hall–Kier alpha value is -2.25. The maximum absolute atomic E-state index is 12.6. The topological polar surface area (TPSA) is 79.4 Å². The average molecular weight is 359 g/mol. The lowest BCUT2D eigenvalue weighted by Gasteiger charge is -2.27. The predicted molar refractivity (Wildman–Crippen MR) is 96.0 cm³/mol. The third-order valence-corrected chi connectivity index (χ3v) is 5.75. The Morgan fingerprint density at radius 2 is 1.76 bits per heavy atom. The Labute approximate surface area is 147 Å². The van der Waals surface area contributed by atoms with Crippen LogP contribution in [0.5, 0.6) is 0 Å². The van der Waals surface area contributed by atoms with Crippen LogP contribution in [0.2, 0.25) is 0 Å². The summed E-state index contributed by atoms with van der Waals surface area (Å²) in [5.41, 5.74) is 0.308. The molecule has 0 spiro atoms. The number of anilines is 1. The van der Waals surface area contributed by atoms with E-state index >= 15 is 0 Å². The van der Waals surface area contributed by atoms with Gasteiger partial charge in [-0.3, -0.25) is 9.52 Å². The number of nitrogens with zero attached hydrogens (tertiary/aromatic N) is 2. The fourth-order valence-electron chi connectivity index (χ4n) is 2.90. The number of carbonyl (C=O) groups excluding carboxylic acids is 1. The van der Waals surface area contributed by atoms with E-state index in [0.717, 1.165) is 25.9 Å². The molecule has 0 saturated carbocycles. The molecule has 1 N–H and O–H groups in total. The van der Waals surface area contributed by atoms with E-state index in [1.165, 1.54) is 12.1 Å². The monoisotopic (exact) mass is 359 g/mol. The van der Waals surface area contributed by atoms with Crippen molar-refractivity contribution in [2.24, 2.45) is 5.92 Å². The fraction of sp³-hybridized carbons (Fsp3) is 0.333. The minimum atomic E-state index is -3.72. The number of Topliss-reactive ketones (excluding diaryl/α,β-unsaturated/α-hetero) is 1. The number of hydrogen-bond acceptors (Lipinski definition) is 5. The van der Waals surface area contributed by atoms with E-state index in [1.807, 2.05) is 7.05 Å². The molecule has 0 aliphatic carbocycles. The largest absolute Gasteiger partial charge is 0.306 e. The molecule has 0 amide bonds. The highest BCUT2D eigenvalue weighted by Crippen LogP contribution is 2.21. The van der Waals surface area contributed by atoms with Crippen LogP contribution in [0.1, 0.15) is 23.3 Å². The van der Waals surface area contributed by atoms with Crippen molar-refractivity contribution in [3.8, 4) is 0 Å². The normalized spacial score (nSPS) is 16.5. The Bertz CT molecular complexity index is 845. The number of piperidine rings is 1. The van der Waals surface area contributed by atoms with Gasteiger partial charge in [-0.2, -0.15) is 0 Å². The molecule has 1 aromatic heterocycles. The van der Waals surface area contributed by atoms with Crippen LogP contribution >= 0.6 is 0 Å². The number of nitrogens with one attached hydrogen (secondary N) is 1. The summed E-state index contributed by atoms with van der Waals surface area (Å²) in [5.74, 6) is 0.0844. The second-order valence-electron chi connectivity index (χ2n) is 6.27. The minimum absolute atomic E-state index is 0.0196. The lowest BCUT2D eigenvalue weighted by atomic mass is 9.91. The molecule has 25 heavy (non-hydrogen) atoms. The first-order valence-electron chi connectivity index (χ1n) is 8.23. The van der Waals surface area contributed by atoms with Crippen LogP contribution < -0.4 is 4.72 Å².